The van der Waals surface area contributed by atoms with E-state index in [0.29, 0.717) is 0 Å². The highest BCUT2D eigenvalue weighted by atomic mass is 14.4. The monoisotopic (exact) mass is 280 g/mol. The third-order valence-electron chi connectivity index (χ3n) is 6.38. The highest BCUT2D eigenvalue weighted by Crippen LogP contribution is 2.49. The molecule has 0 nitrogen and oxygen atoms in total. The van der Waals surface area contributed by atoms with Crippen LogP contribution in [0.5, 0.6) is 0 Å². The molecule has 21 heavy (non-hydrogen) atoms. The maximum Gasteiger partial charge on any atom is -0.0151 e. The summed E-state index contributed by atoms with van der Waals surface area (Å²) in [4.78, 5) is 0. The van der Waals surface area contributed by atoms with Crippen molar-refractivity contribution in [3.8, 4) is 0 Å². The van der Waals surface area contributed by atoms with Crippen molar-refractivity contribution < 1.29 is 0 Å². The van der Waals surface area contributed by atoms with Gasteiger partial charge in [0.05, 0.1) is 0 Å². The average molecular weight is 280 g/mol. The van der Waals surface area contributed by atoms with Crippen LogP contribution in [-0.2, 0) is 0 Å². The Bertz CT molecular complexity index is 527. The molecule has 0 aromatic rings. The zero-order valence-electron chi connectivity index (χ0n) is 13.7. The first-order chi connectivity index (χ1) is 10.2. The molecule has 0 bridgehead atoms. The molecule has 0 aromatic carbocycles. The lowest BCUT2D eigenvalue weighted by Crippen LogP contribution is -2.12. The van der Waals surface area contributed by atoms with Gasteiger partial charge < -0.3 is 0 Å². The summed E-state index contributed by atoms with van der Waals surface area (Å²) in [6.07, 6.45) is 17.3. The maximum absolute atomic E-state index is 2.49. The lowest BCUT2D eigenvalue weighted by Gasteiger charge is -2.25. The van der Waals surface area contributed by atoms with Crippen molar-refractivity contribution in [3.63, 3.8) is 0 Å². The summed E-state index contributed by atoms with van der Waals surface area (Å²) < 4.78 is 0. The molecule has 4 aliphatic rings. The number of rotatable bonds is 2. The highest BCUT2D eigenvalue weighted by Gasteiger charge is 2.34. The van der Waals surface area contributed by atoms with E-state index in [4.69, 9.17) is 0 Å². The molecule has 0 aliphatic heterocycles. The molecule has 0 amide bonds. The Morgan fingerprint density at radius 1 is 0.762 bits per heavy atom. The van der Waals surface area contributed by atoms with Crippen molar-refractivity contribution >= 4 is 0 Å². The van der Waals surface area contributed by atoms with Crippen LogP contribution >= 0.6 is 0 Å². The van der Waals surface area contributed by atoms with Gasteiger partial charge in [0.2, 0.25) is 0 Å². The van der Waals surface area contributed by atoms with Crippen LogP contribution in [0.3, 0.4) is 0 Å². The van der Waals surface area contributed by atoms with Crippen LogP contribution in [0.1, 0.15) is 71.6 Å². The minimum atomic E-state index is 0.864. The first-order valence-electron chi connectivity index (χ1n) is 9.02. The molecule has 0 radical (unpaired) electrons. The van der Waals surface area contributed by atoms with Gasteiger partial charge in [0.1, 0.15) is 0 Å². The number of allylic oxidation sites excluding steroid dienone is 8. The molecule has 0 N–H and O–H groups in total. The van der Waals surface area contributed by atoms with Gasteiger partial charge in [0, 0.05) is 0 Å². The first-order valence-corrected chi connectivity index (χ1v) is 9.02. The molecule has 2 atom stereocenters. The van der Waals surface area contributed by atoms with Gasteiger partial charge in [-0.15, -0.1) is 0 Å². The fourth-order valence-electron chi connectivity index (χ4n) is 5.51. The van der Waals surface area contributed by atoms with E-state index < -0.39 is 0 Å². The van der Waals surface area contributed by atoms with Gasteiger partial charge in [0.25, 0.3) is 0 Å². The Morgan fingerprint density at radius 3 is 1.71 bits per heavy atom. The topological polar surface area (TPSA) is 0 Å². The predicted molar refractivity (Wildman–Crippen MR) is 90.1 cm³/mol. The Labute approximate surface area is 129 Å². The largest absolute Gasteiger partial charge is 0.0810 e. The van der Waals surface area contributed by atoms with E-state index >= 15 is 0 Å². The van der Waals surface area contributed by atoms with E-state index in [1.165, 1.54) is 57.8 Å². The molecule has 0 saturated heterocycles. The smallest absolute Gasteiger partial charge is 0.0151 e. The van der Waals surface area contributed by atoms with E-state index in [0.717, 1.165) is 11.8 Å². The van der Waals surface area contributed by atoms with E-state index in [9.17, 15) is 0 Å². The second kappa shape index (κ2) is 5.30. The third-order valence-corrected chi connectivity index (χ3v) is 6.38. The SMILES string of the molecule is CC1=CCCC2=C1C(CC1CCC3=C1C(C)=CCC3)CC2. The van der Waals surface area contributed by atoms with Gasteiger partial charge in [0.15, 0.2) is 0 Å². The van der Waals surface area contributed by atoms with Crippen LogP contribution in [-0.4, -0.2) is 0 Å². The predicted octanol–water partition coefficient (Wildman–Crippen LogP) is 6.27. The summed E-state index contributed by atoms with van der Waals surface area (Å²) >= 11 is 0. The van der Waals surface area contributed by atoms with Gasteiger partial charge in [-0.3, -0.25) is 0 Å². The molecule has 4 rings (SSSR count). The quantitative estimate of drug-likeness (QED) is 0.559. The summed E-state index contributed by atoms with van der Waals surface area (Å²) in [7, 11) is 0. The fourth-order valence-corrected chi connectivity index (χ4v) is 5.51. The van der Waals surface area contributed by atoms with Gasteiger partial charge in [-0.1, -0.05) is 34.4 Å². The molecule has 0 heterocycles. The summed E-state index contributed by atoms with van der Waals surface area (Å²) in [5, 5.41) is 0. The molecule has 0 spiro atoms. The molecule has 112 valence electrons. The van der Waals surface area contributed by atoms with E-state index in [1.54, 1.807) is 22.3 Å². The van der Waals surface area contributed by atoms with Crippen LogP contribution in [0.2, 0.25) is 0 Å². The fraction of sp³-hybridized carbons (Fsp3) is 0.619. The summed E-state index contributed by atoms with van der Waals surface area (Å²) in [5.41, 5.74) is 10.4. The second-order valence-electron chi connectivity index (χ2n) is 7.59. The van der Waals surface area contributed by atoms with Crippen LogP contribution in [0.25, 0.3) is 0 Å². The zero-order chi connectivity index (χ0) is 14.4. The Balaban J connectivity index is 1.55. The maximum atomic E-state index is 2.49. The summed E-state index contributed by atoms with van der Waals surface area (Å²) in [6, 6.07) is 0. The first kappa shape index (κ1) is 13.6. The van der Waals surface area contributed by atoms with Crippen molar-refractivity contribution in [2.24, 2.45) is 11.8 Å². The minimum absolute atomic E-state index is 0.864. The van der Waals surface area contributed by atoms with Crippen molar-refractivity contribution in [2.75, 3.05) is 0 Å². The lowest BCUT2D eigenvalue weighted by atomic mass is 9.79. The normalized spacial score (nSPS) is 32.1. The molecular formula is C21H28. The Morgan fingerprint density at radius 2 is 1.24 bits per heavy atom. The van der Waals surface area contributed by atoms with Gasteiger partial charge in [-0.05, 0) is 94.6 Å². The standard InChI is InChI=1S/C21H28/c1-14-5-3-7-16-9-11-18(20(14)16)13-19-12-10-17-8-4-6-15(2)21(17)19/h5-6,18-19H,3-4,7-13H2,1-2H3. The van der Waals surface area contributed by atoms with Gasteiger partial charge in [-0.25, -0.2) is 0 Å². The summed E-state index contributed by atoms with van der Waals surface area (Å²) in [5.74, 6) is 1.73. The minimum Gasteiger partial charge on any atom is -0.0810 e. The molecule has 2 unspecified atom stereocenters. The van der Waals surface area contributed by atoms with Crippen LogP contribution in [0, 0.1) is 11.8 Å². The highest BCUT2D eigenvalue weighted by molar-refractivity contribution is 5.45. The van der Waals surface area contributed by atoms with Crippen molar-refractivity contribution in [3.05, 3.63) is 45.6 Å². The molecular weight excluding hydrogens is 252 g/mol. The molecule has 0 aromatic heterocycles. The van der Waals surface area contributed by atoms with Crippen molar-refractivity contribution in [1.82, 2.24) is 0 Å². The molecule has 0 saturated carbocycles. The third kappa shape index (κ3) is 2.28. The molecule has 4 aliphatic carbocycles. The van der Waals surface area contributed by atoms with E-state index in [1.807, 2.05) is 11.1 Å². The number of hydrogen-bond acceptors (Lipinski definition) is 0. The Kier molecular flexibility index (Phi) is 3.44. The average Bonchev–Trinajstić information content (AvgIpc) is 3.06. The molecule has 0 heteroatoms. The summed E-state index contributed by atoms with van der Waals surface area (Å²) in [6.45, 7) is 4.72. The van der Waals surface area contributed by atoms with Crippen LogP contribution < -0.4 is 0 Å². The van der Waals surface area contributed by atoms with Gasteiger partial charge in [-0.2, -0.15) is 0 Å². The Hall–Kier alpha value is -1.04. The second-order valence-corrected chi connectivity index (χ2v) is 7.59. The van der Waals surface area contributed by atoms with Crippen molar-refractivity contribution in [2.45, 2.75) is 71.6 Å². The van der Waals surface area contributed by atoms with Crippen LogP contribution in [0.15, 0.2) is 45.6 Å². The van der Waals surface area contributed by atoms with Crippen LogP contribution in [0.4, 0.5) is 0 Å². The van der Waals surface area contributed by atoms with E-state index in [2.05, 4.69) is 26.0 Å². The van der Waals surface area contributed by atoms with Crippen molar-refractivity contribution in [1.29, 1.82) is 0 Å². The zero-order valence-corrected chi connectivity index (χ0v) is 13.7. The van der Waals surface area contributed by atoms with Gasteiger partial charge >= 0.3 is 0 Å². The number of hydrogen-bond donors (Lipinski definition) is 0. The van der Waals surface area contributed by atoms with E-state index in [-0.39, 0.29) is 0 Å². The lowest BCUT2D eigenvalue weighted by molar-refractivity contribution is 0.447. The molecule has 0 fully saturated rings.